The zero-order chi connectivity index (χ0) is 17.6. The molecule has 0 saturated carbocycles. The molecular weight excluding hydrogens is 459 g/mol. The van der Waals surface area contributed by atoms with Gasteiger partial charge in [-0.05, 0) is 33.6 Å². The van der Waals surface area contributed by atoms with Crippen LogP contribution in [0.2, 0.25) is 0 Å². The van der Waals surface area contributed by atoms with Crippen LogP contribution in [0, 0.1) is 5.95 Å². The first kappa shape index (κ1) is 17.7. The van der Waals surface area contributed by atoms with E-state index in [1.54, 1.807) is 24.5 Å². The molecule has 128 valence electrons. The molecule has 0 unspecified atom stereocenters. The lowest BCUT2D eigenvalue weighted by molar-refractivity contribution is 0.194. The second kappa shape index (κ2) is 8.30. The molecule has 0 saturated heterocycles. The standard InChI is InChI=1S/C16H11Br2FN4O2/c17-11-3-1-10(2-4-11)13-9-22-16(23-14(13)19)25-6-5-24-15-20-7-12(18)8-21-15/h1-4,7-9H,5-6H2. The van der Waals surface area contributed by atoms with Gasteiger partial charge in [0.25, 0.3) is 0 Å². The van der Waals surface area contributed by atoms with Crippen LogP contribution in [0.3, 0.4) is 0 Å². The summed E-state index contributed by atoms with van der Waals surface area (Å²) < 4.78 is 26.4. The average molecular weight is 470 g/mol. The Hall–Kier alpha value is -2.13. The van der Waals surface area contributed by atoms with E-state index in [1.165, 1.54) is 6.20 Å². The Labute approximate surface area is 159 Å². The van der Waals surface area contributed by atoms with Crippen molar-refractivity contribution in [3.63, 3.8) is 0 Å². The molecular formula is C16H11Br2FN4O2. The van der Waals surface area contributed by atoms with Gasteiger partial charge in [0.2, 0.25) is 5.95 Å². The summed E-state index contributed by atoms with van der Waals surface area (Å²) >= 11 is 6.57. The number of rotatable bonds is 6. The maximum atomic E-state index is 14.1. The van der Waals surface area contributed by atoms with E-state index in [0.29, 0.717) is 11.1 Å². The molecule has 0 amide bonds. The molecule has 0 aliphatic carbocycles. The average Bonchev–Trinajstić information content (AvgIpc) is 2.61. The van der Waals surface area contributed by atoms with Gasteiger partial charge in [0.1, 0.15) is 13.2 Å². The Kier molecular flexibility index (Phi) is 5.87. The fraction of sp³-hybridized carbons (Fsp3) is 0.125. The van der Waals surface area contributed by atoms with Crippen LogP contribution in [0.1, 0.15) is 0 Å². The smallest absolute Gasteiger partial charge is 0.319 e. The first-order valence-electron chi connectivity index (χ1n) is 7.13. The first-order chi connectivity index (χ1) is 12.1. The molecule has 0 bridgehead atoms. The Morgan fingerprint density at radius 3 is 2.04 bits per heavy atom. The Bertz CT molecular complexity index is 848. The van der Waals surface area contributed by atoms with Gasteiger partial charge in [-0.15, -0.1) is 0 Å². The summed E-state index contributed by atoms with van der Waals surface area (Å²) in [5, 5.41) is 0. The SMILES string of the molecule is Fc1nc(OCCOc2ncc(Br)cn2)ncc1-c1ccc(Br)cc1. The van der Waals surface area contributed by atoms with E-state index in [0.717, 1.165) is 8.95 Å². The number of benzene rings is 1. The van der Waals surface area contributed by atoms with Gasteiger partial charge in [0, 0.05) is 23.1 Å². The zero-order valence-corrected chi connectivity index (χ0v) is 15.9. The first-order valence-corrected chi connectivity index (χ1v) is 8.72. The number of hydrogen-bond donors (Lipinski definition) is 0. The van der Waals surface area contributed by atoms with Crippen LogP contribution in [0.15, 0.2) is 51.8 Å². The van der Waals surface area contributed by atoms with Gasteiger partial charge in [-0.3, -0.25) is 0 Å². The Morgan fingerprint density at radius 2 is 1.40 bits per heavy atom. The predicted molar refractivity (Wildman–Crippen MR) is 95.8 cm³/mol. The van der Waals surface area contributed by atoms with Crippen molar-refractivity contribution in [3.8, 4) is 23.1 Å². The quantitative estimate of drug-likeness (QED) is 0.400. The molecule has 1 aromatic carbocycles. The minimum Gasteiger partial charge on any atom is -0.460 e. The second-order valence-corrected chi connectivity index (χ2v) is 6.58. The molecule has 2 heterocycles. The molecule has 25 heavy (non-hydrogen) atoms. The van der Waals surface area contributed by atoms with Crippen LogP contribution in [0.4, 0.5) is 4.39 Å². The fourth-order valence-electron chi connectivity index (χ4n) is 1.88. The number of ether oxygens (including phenoxy) is 2. The van der Waals surface area contributed by atoms with Crippen molar-refractivity contribution in [3.05, 3.63) is 57.7 Å². The van der Waals surface area contributed by atoms with Crippen molar-refractivity contribution < 1.29 is 13.9 Å². The molecule has 0 aliphatic rings. The fourth-order valence-corrected chi connectivity index (χ4v) is 2.35. The zero-order valence-electron chi connectivity index (χ0n) is 12.7. The van der Waals surface area contributed by atoms with Crippen molar-refractivity contribution in [2.45, 2.75) is 0 Å². The van der Waals surface area contributed by atoms with Crippen LogP contribution in [-0.2, 0) is 0 Å². The van der Waals surface area contributed by atoms with E-state index in [4.69, 9.17) is 9.47 Å². The van der Waals surface area contributed by atoms with Gasteiger partial charge in [-0.2, -0.15) is 9.37 Å². The molecule has 0 spiro atoms. The highest BCUT2D eigenvalue weighted by Gasteiger charge is 2.10. The highest BCUT2D eigenvalue weighted by molar-refractivity contribution is 9.10. The Balaban J connectivity index is 1.55. The number of halogens is 3. The van der Waals surface area contributed by atoms with Crippen molar-refractivity contribution in [1.29, 1.82) is 0 Å². The van der Waals surface area contributed by atoms with E-state index in [1.807, 2.05) is 12.1 Å². The summed E-state index contributed by atoms with van der Waals surface area (Å²) in [7, 11) is 0. The number of aromatic nitrogens is 4. The second-order valence-electron chi connectivity index (χ2n) is 4.74. The molecule has 0 aliphatic heterocycles. The maximum absolute atomic E-state index is 14.1. The lowest BCUT2D eigenvalue weighted by Crippen LogP contribution is -2.12. The molecule has 0 atom stereocenters. The lowest BCUT2D eigenvalue weighted by Gasteiger charge is -2.07. The van der Waals surface area contributed by atoms with Crippen LogP contribution in [0.25, 0.3) is 11.1 Å². The molecule has 3 aromatic rings. The van der Waals surface area contributed by atoms with Crippen molar-refractivity contribution in [1.82, 2.24) is 19.9 Å². The molecule has 0 N–H and O–H groups in total. The monoisotopic (exact) mass is 468 g/mol. The largest absolute Gasteiger partial charge is 0.460 e. The van der Waals surface area contributed by atoms with Crippen LogP contribution < -0.4 is 9.47 Å². The summed E-state index contributed by atoms with van der Waals surface area (Å²) in [6.45, 7) is 0.317. The predicted octanol–water partition coefficient (Wildman–Crippen LogP) is 4.06. The minimum absolute atomic E-state index is 0.0568. The lowest BCUT2D eigenvalue weighted by atomic mass is 10.1. The third kappa shape index (κ3) is 4.93. The highest BCUT2D eigenvalue weighted by atomic mass is 79.9. The number of nitrogens with zero attached hydrogens (tertiary/aromatic N) is 4. The molecule has 3 rings (SSSR count). The van der Waals surface area contributed by atoms with Crippen molar-refractivity contribution in [2.75, 3.05) is 13.2 Å². The van der Waals surface area contributed by atoms with Crippen LogP contribution in [-0.4, -0.2) is 33.1 Å². The maximum Gasteiger partial charge on any atom is 0.319 e. The molecule has 0 radical (unpaired) electrons. The van der Waals surface area contributed by atoms with E-state index in [9.17, 15) is 4.39 Å². The van der Waals surface area contributed by atoms with Gasteiger partial charge in [0.15, 0.2) is 0 Å². The topological polar surface area (TPSA) is 70.0 Å². The molecule has 9 heteroatoms. The van der Waals surface area contributed by atoms with E-state index in [2.05, 4.69) is 51.8 Å². The van der Waals surface area contributed by atoms with E-state index >= 15 is 0 Å². The van der Waals surface area contributed by atoms with Gasteiger partial charge in [0.05, 0.1) is 10.0 Å². The summed E-state index contributed by atoms with van der Waals surface area (Å²) in [6.07, 6.45) is 4.53. The van der Waals surface area contributed by atoms with Crippen LogP contribution in [0.5, 0.6) is 12.0 Å². The van der Waals surface area contributed by atoms with Crippen molar-refractivity contribution >= 4 is 31.9 Å². The summed E-state index contributed by atoms with van der Waals surface area (Å²) in [5.74, 6) is -0.649. The van der Waals surface area contributed by atoms with Gasteiger partial charge < -0.3 is 9.47 Å². The highest BCUT2D eigenvalue weighted by Crippen LogP contribution is 2.23. The van der Waals surface area contributed by atoms with Gasteiger partial charge in [-0.25, -0.2) is 15.0 Å². The molecule has 2 aromatic heterocycles. The third-order valence-electron chi connectivity index (χ3n) is 3.02. The molecule has 6 nitrogen and oxygen atoms in total. The number of hydrogen-bond acceptors (Lipinski definition) is 6. The van der Waals surface area contributed by atoms with E-state index < -0.39 is 5.95 Å². The van der Waals surface area contributed by atoms with Gasteiger partial charge >= 0.3 is 12.0 Å². The van der Waals surface area contributed by atoms with E-state index in [-0.39, 0.29) is 25.2 Å². The van der Waals surface area contributed by atoms with Crippen molar-refractivity contribution in [2.24, 2.45) is 0 Å². The molecule has 0 fully saturated rings. The van der Waals surface area contributed by atoms with Crippen LogP contribution >= 0.6 is 31.9 Å². The summed E-state index contributed by atoms with van der Waals surface area (Å²) in [6, 6.07) is 7.36. The summed E-state index contributed by atoms with van der Waals surface area (Å²) in [4.78, 5) is 15.7. The normalized spacial score (nSPS) is 10.5. The minimum atomic E-state index is -0.649. The van der Waals surface area contributed by atoms with Gasteiger partial charge in [-0.1, -0.05) is 28.1 Å². The summed E-state index contributed by atoms with van der Waals surface area (Å²) in [5.41, 5.74) is 0.988. The Morgan fingerprint density at radius 1 is 0.800 bits per heavy atom. The third-order valence-corrected chi connectivity index (χ3v) is 3.96.